The fourth-order valence-corrected chi connectivity index (χ4v) is 2.03. The van der Waals surface area contributed by atoms with Crippen LogP contribution in [0.15, 0.2) is 43.6 Å². The van der Waals surface area contributed by atoms with Crippen molar-refractivity contribution in [1.82, 2.24) is 5.32 Å². The Hall–Kier alpha value is -1.52. The lowest BCUT2D eigenvalue weighted by Gasteiger charge is -2.32. The van der Waals surface area contributed by atoms with Crippen LogP contribution in [0, 0.1) is 0 Å². The van der Waals surface area contributed by atoms with Crippen molar-refractivity contribution in [1.29, 1.82) is 0 Å². The lowest BCUT2D eigenvalue weighted by molar-refractivity contribution is 0.00578. The topological polar surface area (TPSA) is 30.5 Å². The van der Waals surface area contributed by atoms with Crippen LogP contribution in [0.4, 0.5) is 0 Å². The van der Waals surface area contributed by atoms with Gasteiger partial charge in [0.25, 0.3) is 0 Å². The molecule has 4 heteroatoms. The van der Waals surface area contributed by atoms with Gasteiger partial charge in [0.15, 0.2) is 0 Å². The van der Waals surface area contributed by atoms with Crippen molar-refractivity contribution in [2.75, 3.05) is 0 Å². The van der Waals surface area contributed by atoms with Crippen LogP contribution in [-0.4, -0.2) is 18.3 Å². The molecule has 0 amide bonds. The van der Waals surface area contributed by atoms with Crippen LogP contribution < -0.4 is 10.8 Å². The zero-order chi connectivity index (χ0) is 15.0. The number of benzene rings is 1. The molecule has 1 aliphatic heterocycles. The Morgan fingerprint density at radius 3 is 2.05 bits per heavy atom. The maximum Gasteiger partial charge on any atom is 0.494 e. The van der Waals surface area contributed by atoms with E-state index >= 15 is 0 Å². The smallest absolute Gasteiger partial charge is 0.399 e. The second-order valence-electron chi connectivity index (χ2n) is 6.04. The Bertz CT molecular complexity index is 504. The first-order valence-corrected chi connectivity index (χ1v) is 6.79. The van der Waals surface area contributed by atoms with Crippen LogP contribution in [0.5, 0.6) is 0 Å². The summed E-state index contributed by atoms with van der Waals surface area (Å²) in [5.41, 5.74) is 2.22. The molecule has 1 heterocycles. The summed E-state index contributed by atoms with van der Waals surface area (Å²) in [6, 6.07) is 8.01. The maximum atomic E-state index is 6.02. The zero-order valence-corrected chi connectivity index (χ0v) is 12.7. The first-order chi connectivity index (χ1) is 9.27. The largest absolute Gasteiger partial charge is 0.494 e. The minimum absolute atomic E-state index is 0.315. The highest BCUT2D eigenvalue weighted by atomic mass is 16.7. The number of rotatable bonds is 4. The van der Waals surface area contributed by atoms with Gasteiger partial charge >= 0.3 is 7.12 Å². The van der Waals surface area contributed by atoms with Crippen molar-refractivity contribution in [3.05, 3.63) is 49.2 Å². The van der Waals surface area contributed by atoms with Crippen molar-refractivity contribution >= 4 is 18.3 Å². The Balaban J connectivity index is 2.16. The van der Waals surface area contributed by atoms with E-state index in [-0.39, 0.29) is 18.3 Å². The van der Waals surface area contributed by atoms with Crippen LogP contribution >= 0.6 is 0 Å². The van der Waals surface area contributed by atoms with Crippen molar-refractivity contribution in [3.63, 3.8) is 0 Å². The number of hydrogen-bond donors (Lipinski definition) is 1. The molecule has 0 atom stereocenters. The van der Waals surface area contributed by atoms with Gasteiger partial charge in [-0.25, -0.2) is 0 Å². The Morgan fingerprint density at radius 2 is 1.60 bits per heavy atom. The summed E-state index contributed by atoms with van der Waals surface area (Å²) in [6.45, 7) is 15.8. The van der Waals surface area contributed by atoms with Gasteiger partial charge in [-0.3, -0.25) is 0 Å². The Morgan fingerprint density at radius 1 is 1.10 bits per heavy atom. The van der Waals surface area contributed by atoms with E-state index in [0.717, 1.165) is 16.7 Å². The van der Waals surface area contributed by atoms with Crippen LogP contribution in [0.25, 0.3) is 5.70 Å². The van der Waals surface area contributed by atoms with Gasteiger partial charge in [-0.2, -0.15) is 0 Å². The lowest BCUT2D eigenvalue weighted by Crippen LogP contribution is -2.41. The Labute approximate surface area is 121 Å². The van der Waals surface area contributed by atoms with Gasteiger partial charge in [-0.05, 0) is 44.9 Å². The van der Waals surface area contributed by atoms with E-state index in [1.807, 2.05) is 24.3 Å². The fourth-order valence-electron chi connectivity index (χ4n) is 2.03. The second-order valence-corrected chi connectivity index (χ2v) is 6.04. The summed E-state index contributed by atoms with van der Waals surface area (Å²) >= 11 is 0. The molecule has 106 valence electrons. The van der Waals surface area contributed by atoms with Crippen LogP contribution in [-0.2, 0) is 9.31 Å². The monoisotopic (exact) mass is 271 g/mol. The minimum Gasteiger partial charge on any atom is -0.399 e. The molecule has 20 heavy (non-hydrogen) atoms. The molecule has 1 aliphatic rings. The van der Waals surface area contributed by atoms with Gasteiger partial charge < -0.3 is 14.6 Å². The molecule has 0 bridgehead atoms. The predicted molar refractivity (Wildman–Crippen MR) is 84.5 cm³/mol. The van der Waals surface area contributed by atoms with E-state index in [1.165, 1.54) is 0 Å². The van der Waals surface area contributed by atoms with Gasteiger partial charge in [-0.15, -0.1) is 0 Å². The van der Waals surface area contributed by atoms with Gasteiger partial charge in [0, 0.05) is 5.70 Å². The highest BCUT2D eigenvalue weighted by Gasteiger charge is 2.51. The Kier molecular flexibility index (Phi) is 3.81. The first-order valence-electron chi connectivity index (χ1n) is 6.79. The molecule has 2 rings (SSSR count). The summed E-state index contributed by atoms with van der Waals surface area (Å²) in [5, 5.41) is 2.98. The van der Waals surface area contributed by atoms with Crippen molar-refractivity contribution in [2.45, 2.75) is 38.9 Å². The van der Waals surface area contributed by atoms with E-state index in [1.54, 1.807) is 6.20 Å². The number of nitrogens with one attached hydrogen (secondary N) is 1. The van der Waals surface area contributed by atoms with Crippen LogP contribution in [0.1, 0.15) is 33.3 Å². The molecule has 1 N–H and O–H groups in total. The van der Waals surface area contributed by atoms with Gasteiger partial charge in [0.1, 0.15) is 0 Å². The molecule has 1 saturated heterocycles. The standard InChI is InChI=1S/C16H22BNO2/c1-7-18-12(2)13-8-10-14(11-9-13)17-19-15(3,4)16(5,6)20-17/h7-11,18H,1-2H2,3-6H3. The fraction of sp³-hybridized carbons (Fsp3) is 0.375. The predicted octanol–water partition coefficient (Wildman–Crippen LogP) is 2.69. The molecule has 0 radical (unpaired) electrons. The van der Waals surface area contributed by atoms with E-state index in [4.69, 9.17) is 9.31 Å². The van der Waals surface area contributed by atoms with Gasteiger partial charge in [0.05, 0.1) is 11.2 Å². The average molecular weight is 271 g/mol. The highest BCUT2D eigenvalue weighted by molar-refractivity contribution is 6.62. The molecular weight excluding hydrogens is 249 g/mol. The van der Waals surface area contributed by atoms with Crippen molar-refractivity contribution in [2.24, 2.45) is 0 Å². The summed E-state index contributed by atoms with van der Waals surface area (Å²) in [7, 11) is -0.324. The zero-order valence-electron chi connectivity index (χ0n) is 12.7. The van der Waals surface area contributed by atoms with E-state index in [2.05, 4.69) is 46.2 Å². The van der Waals surface area contributed by atoms with Gasteiger partial charge in [-0.1, -0.05) is 37.4 Å². The maximum absolute atomic E-state index is 6.02. The normalized spacial score (nSPS) is 19.7. The third kappa shape index (κ3) is 2.67. The third-order valence-electron chi connectivity index (χ3n) is 4.06. The van der Waals surface area contributed by atoms with E-state index in [9.17, 15) is 0 Å². The third-order valence-corrected chi connectivity index (χ3v) is 4.06. The highest BCUT2D eigenvalue weighted by Crippen LogP contribution is 2.36. The molecule has 0 aliphatic carbocycles. The molecule has 1 fully saturated rings. The summed E-state index contributed by atoms with van der Waals surface area (Å²) in [4.78, 5) is 0. The quantitative estimate of drug-likeness (QED) is 0.854. The minimum atomic E-state index is -0.324. The van der Waals surface area contributed by atoms with Gasteiger partial charge in [0.2, 0.25) is 0 Å². The SMILES string of the molecule is C=CNC(=C)c1ccc(B2OC(C)(C)C(C)(C)O2)cc1. The molecule has 1 aromatic carbocycles. The summed E-state index contributed by atoms with van der Waals surface area (Å²) < 4.78 is 12.0. The molecule has 0 unspecified atom stereocenters. The van der Waals surface area contributed by atoms with E-state index in [0.29, 0.717) is 0 Å². The van der Waals surface area contributed by atoms with Crippen LogP contribution in [0.2, 0.25) is 0 Å². The van der Waals surface area contributed by atoms with E-state index < -0.39 is 0 Å². The van der Waals surface area contributed by atoms with Crippen molar-refractivity contribution < 1.29 is 9.31 Å². The van der Waals surface area contributed by atoms with Crippen molar-refractivity contribution in [3.8, 4) is 0 Å². The van der Waals surface area contributed by atoms with Crippen LogP contribution in [0.3, 0.4) is 0 Å². The number of hydrogen-bond acceptors (Lipinski definition) is 3. The second kappa shape index (κ2) is 5.11. The average Bonchev–Trinajstić information content (AvgIpc) is 2.59. The molecule has 0 aromatic heterocycles. The molecule has 0 saturated carbocycles. The molecule has 3 nitrogen and oxygen atoms in total. The lowest BCUT2D eigenvalue weighted by atomic mass is 9.79. The summed E-state index contributed by atoms with van der Waals surface area (Å²) in [6.07, 6.45) is 1.62. The molecular formula is C16H22BNO2. The summed E-state index contributed by atoms with van der Waals surface area (Å²) in [5.74, 6) is 0. The first kappa shape index (κ1) is 14.9. The molecule has 1 aromatic rings. The molecule has 0 spiro atoms.